The molecule has 0 aromatic carbocycles. The van der Waals surface area contributed by atoms with E-state index in [1.807, 2.05) is 6.20 Å². The number of hydrogen-bond acceptors (Lipinski definition) is 3. The van der Waals surface area contributed by atoms with Crippen LogP contribution in [-0.2, 0) is 5.75 Å². The SMILES string of the molecule is CN1CCC(c2cnc(CS)[nH]2)C1. The van der Waals surface area contributed by atoms with Gasteiger partial charge in [-0.05, 0) is 20.0 Å². The third-order valence-electron chi connectivity index (χ3n) is 2.63. The molecule has 1 aliphatic rings. The summed E-state index contributed by atoms with van der Waals surface area (Å²) in [5.74, 6) is 2.32. The Morgan fingerprint density at radius 3 is 3.15 bits per heavy atom. The lowest BCUT2D eigenvalue weighted by atomic mass is 10.1. The Bertz CT molecular complexity index is 284. The van der Waals surface area contributed by atoms with Crippen molar-refractivity contribution in [2.45, 2.75) is 18.1 Å². The number of likely N-dealkylation sites (N-methyl/N-ethyl adjacent to an activating group) is 1. The number of nitrogens with zero attached hydrogens (tertiary/aromatic N) is 2. The topological polar surface area (TPSA) is 31.9 Å². The van der Waals surface area contributed by atoms with Gasteiger partial charge in [-0.3, -0.25) is 0 Å². The van der Waals surface area contributed by atoms with Crippen LogP contribution in [0.4, 0.5) is 0 Å². The van der Waals surface area contributed by atoms with Gasteiger partial charge in [0.15, 0.2) is 0 Å². The Balaban J connectivity index is 2.08. The maximum absolute atomic E-state index is 4.25. The van der Waals surface area contributed by atoms with E-state index < -0.39 is 0 Å². The molecule has 2 heterocycles. The number of hydrogen-bond donors (Lipinski definition) is 2. The number of rotatable bonds is 2. The van der Waals surface area contributed by atoms with Crippen molar-refractivity contribution in [3.63, 3.8) is 0 Å². The summed E-state index contributed by atoms with van der Waals surface area (Å²) >= 11 is 4.18. The third-order valence-corrected chi connectivity index (χ3v) is 2.93. The van der Waals surface area contributed by atoms with Crippen molar-refractivity contribution in [3.8, 4) is 0 Å². The Hall–Kier alpha value is -0.480. The van der Waals surface area contributed by atoms with Gasteiger partial charge in [0.1, 0.15) is 5.82 Å². The molecule has 1 N–H and O–H groups in total. The van der Waals surface area contributed by atoms with Gasteiger partial charge in [-0.25, -0.2) is 4.98 Å². The molecular weight excluding hydrogens is 182 g/mol. The molecular formula is C9H15N3S. The molecule has 0 bridgehead atoms. The molecule has 1 aliphatic heterocycles. The van der Waals surface area contributed by atoms with Crippen LogP contribution in [0.2, 0.25) is 0 Å². The van der Waals surface area contributed by atoms with Crippen LogP contribution in [0.3, 0.4) is 0 Å². The smallest absolute Gasteiger partial charge is 0.115 e. The summed E-state index contributed by atoms with van der Waals surface area (Å²) in [6, 6.07) is 0. The zero-order valence-corrected chi connectivity index (χ0v) is 8.72. The molecule has 1 atom stereocenters. The average Bonchev–Trinajstić information content (AvgIpc) is 2.71. The molecule has 0 amide bonds. The summed E-state index contributed by atoms with van der Waals surface area (Å²) < 4.78 is 0. The first kappa shape index (κ1) is 9.09. The van der Waals surface area contributed by atoms with Crippen LogP contribution in [0, 0.1) is 0 Å². The molecule has 13 heavy (non-hydrogen) atoms. The first-order valence-corrected chi connectivity index (χ1v) is 5.26. The molecule has 0 radical (unpaired) electrons. The minimum absolute atomic E-state index is 0.645. The highest BCUT2D eigenvalue weighted by molar-refractivity contribution is 7.79. The Labute approximate surface area is 84.0 Å². The van der Waals surface area contributed by atoms with Gasteiger partial charge in [-0.1, -0.05) is 0 Å². The number of imidazole rings is 1. The Morgan fingerprint density at radius 1 is 1.77 bits per heavy atom. The van der Waals surface area contributed by atoms with E-state index in [2.05, 4.69) is 34.5 Å². The minimum Gasteiger partial charge on any atom is -0.345 e. The summed E-state index contributed by atoms with van der Waals surface area (Å²) in [5, 5.41) is 0. The van der Waals surface area contributed by atoms with E-state index in [9.17, 15) is 0 Å². The van der Waals surface area contributed by atoms with Gasteiger partial charge in [0.25, 0.3) is 0 Å². The van der Waals surface area contributed by atoms with E-state index >= 15 is 0 Å². The van der Waals surface area contributed by atoms with Crippen LogP contribution in [-0.4, -0.2) is 35.0 Å². The monoisotopic (exact) mass is 197 g/mol. The van der Waals surface area contributed by atoms with Crippen LogP contribution >= 0.6 is 12.6 Å². The summed E-state index contributed by atoms with van der Waals surface area (Å²) in [5.41, 5.74) is 1.27. The number of likely N-dealkylation sites (tertiary alicyclic amines) is 1. The minimum atomic E-state index is 0.645. The van der Waals surface area contributed by atoms with Crippen LogP contribution in [0.25, 0.3) is 0 Å². The van der Waals surface area contributed by atoms with Crippen molar-refractivity contribution >= 4 is 12.6 Å². The van der Waals surface area contributed by atoms with Crippen LogP contribution in [0.5, 0.6) is 0 Å². The summed E-state index contributed by atoms with van der Waals surface area (Å²) in [7, 11) is 2.16. The fraction of sp³-hybridized carbons (Fsp3) is 0.667. The van der Waals surface area contributed by atoms with Crippen molar-refractivity contribution in [2.75, 3.05) is 20.1 Å². The molecule has 0 saturated carbocycles. The number of aromatic amines is 1. The predicted molar refractivity (Wildman–Crippen MR) is 56.1 cm³/mol. The molecule has 1 fully saturated rings. The zero-order valence-electron chi connectivity index (χ0n) is 7.82. The van der Waals surface area contributed by atoms with Gasteiger partial charge in [-0.2, -0.15) is 12.6 Å². The fourth-order valence-corrected chi connectivity index (χ4v) is 2.02. The summed E-state index contributed by atoms with van der Waals surface area (Å²) in [6.07, 6.45) is 3.19. The van der Waals surface area contributed by atoms with E-state index in [1.54, 1.807) is 0 Å². The van der Waals surface area contributed by atoms with Gasteiger partial charge in [0, 0.05) is 30.1 Å². The van der Waals surface area contributed by atoms with E-state index in [-0.39, 0.29) is 0 Å². The maximum atomic E-state index is 4.25. The van der Waals surface area contributed by atoms with Crippen LogP contribution < -0.4 is 0 Å². The third kappa shape index (κ3) is 1.89. The van der Waals surface area contributed by atoms with E-state index in [0.717, 1.165) is 12.4 Å². The first-order valence-electron chi connectivity index (χ1n) is 4.63. The largest absolute Gasteiger partial charge is 0.345 e. The molecule has 72 valence electrons. The molecule has 1 aromatic rings. The average molecular weight is 197 g/mol. The summed E-state index contributed by atoms with van der Waals surface area (Å²) in [6.45, 7) is 2.34. The van der Waals surface area contributed by atoms with Gasteiger partial charge in [0.05, 0.1) is 0 Å². The highest BCUT2D eigenvalue weighted by Gasteiger charge is 2.22. The lowest BCUT2D eigenvalue weighted by Gasteiger charge is -2.07. The van der Waals surface area contributed by atoms with Crippen molar-refractivity contribution in [1.82, 2.24) is 14.9 Å². The highest BCUT2D eigenvalue weighted by atomic mass is 32.1. The van der Waals surface area contributed by atoms with E-state index in [0.29, 0.717) is 11.7 Å². The molecule has 3 nitrogen and oxygen atoms in total. The fourth-order valence-electron chi connectivity index (χ4n) is 1.86. The lowest BCUT2D eigenvalue weighted by molar-refractivity contribution is 0.411. The first-order chi connectivity index (χ1) is 6.29. The second kappa shape index (κ2) is 3.72. The lowest BCUT2D eigenvalue weighted by Crippen LogP contribution is -2.13. The second-order valence-corrected chi connectivity index (χ2v) is 4.01. The number of thiol groups is 1. The van der Waals surface area contributed by atoms with E-state index in [1.165, 1.54) is 18.7 Å². The zero-order chi connectivity index (χ0) is 9.26. The standard InChI is InChI=1S/C9H15N3S/c1-12-3-2-7(5-12)8-4-10-9(6-13)11-8/h4,7,13H,2-3,5-6H2,1H3,(H,10,11). The maximum Gasteiger partial charge on any atom is 0.115 e. The van der Waals surface area contributed by atoms with Gasteiger partial charge < -0.3 is 9.88 Å². The normalized spacial score (nSPS) is 24.0. The summed E-state index contributed by atoms with van der Waals surface area (Å²) in [4.78, 5) is 9.92. The molecule has 0 spiro atoms. The van der Waals surface area contributed by atoms with Gasteiger partial charge in [0.2, 0.25) is 0 Å². The predicted octanol–water partition coefficient (Wildman–Crippen LogP) is 1.26. The molecule has 1 saturated heterocycles. The van der Waals surface area contributed by atoms with E-state index in [4.69, 9.17) is 0 Å². The number of nitrogens with one attached hydrogen (secondary N) is 1. The number of aromatic nitrogens is 2. The van der Waals surface area contributed by atoms with Gasteiger partial charge in [-0.15, -0.1) is 0 Å². The molecule has 1 unspecified atom stereocenters. The molecule has 4 heteroatoms. The Kier molecular flexibility index (Phi) is 2.60. The molecule has 0 aliphatic carbocycles. The second-order valence-electron chi connectivity index (χ2n) is 3.69. The van der Waals surface area contributed by atoms with Crippen molar-refractivity contribution in [3.05, 3.63) is 17.7 Å². The van der Waals surface area contributed by atoms with Crippen LogP contribution in [0.15, 0.2) is 6.20 Å². The van der Waals surface area contributed by atoms with Crippen LogP contribution in [0.1, 0.15) is 23.9 Å². The highest BCUT2D eigenvalue weighted by Crippen LogP contribution is 2.24. The van der Waals surface area contributed by atoms with Crippen molar-refractivity contribution < 1.29 is 0 Å². The number of H-pyrrole nitrogens is 1. The Morgan fingerprint density at radius 2 is 2.62 bits per heavy atom. The molecule has 2 rings (SSSR count). The quantitative estimate of drug-likeness (QED) is 0.700. The van der Waals surface area contributed by atoms with Crippen molar-refractivity contribution in [1.29, 1.82) is 0 Å². The molecule has 1 aromatic heterocycles. The van der Waals surface area contributed by atoms with Crippen molar-refractivity contribution in [2.24, 2.45) is 0 Å². The van der Waals surface area contributed by atoms with Gasteiger partial charge >= 0.3 is 0 Å².